The minimum atomic E-state index is -4.47. The Kier molecular flexibility index (Phi) is 8.52. The summed E-state index contributed by atoms with van der Waals surface area (Å²) in [6, 6.07) is 9.46. The highest BCUT2D eigenvalue weighted by molar-refractivity contribution is 6.32. The molecule has 37 heavy (non-hydrogen) atoms. The highest BCUT2D eigenvalue weighted by atomic mass is 35.5. The van der Waals surface area contributed by atoms with Crippen LogP contribution in [0.25, 0.3) is 6.08 Å². The summed E-state index contributed by atoms with van der Waals surface area (Å²) in [5, 5.41) is 22.1. The number of nitrogens with one attached hydrogen (secondary N) is 1. The molecule has 1 atom stereocenters. The Balaban J connectivity index is 1.50. The van der Waals surface area contributed by atoms with Crippen LogP contribution in [-0.4, -0.2) is 46.0 Å². The van der Waals surface area contributed by atoms with Crippen molar-refractivity contribution < 1.29 is 28.1 Å². The van der Waals surface area contributed by atoms with E-state index in [-0.39, 0.29) is 23.1 Å². The molecule has 3 aromatic rings. The molecule has 0 amide bonds. The zero-order valence-electron chi connectivity index (χ0n) is 19.7. The third-order valence-corrected chi connectivity index (χ3v) is 6.07. The lowest BCUT2D eigenvalue weighted by molar-refractivity contribution is -0.137. The van der Waals surface area contributed by atoms with Crippen LogP contribution in [-0.2, 0) is 6.18 Å². The highest BCUT2D eigenvalue weighted by Crippen LogP contribution is 2.36. The van der Waals surface area contributed by atoms with Crippen LogP contribution in [0.2, 0.25) is 5.02 Å². The van der Waals surface area contributed by atoms with Gasteiger partial charge in [-0.05, 0) is 55.7 Å². The zero-order chi connectivity index (χ0) is 26.4. The number of hydrogen-bond acceptors (Lipinski definition) is 7. The standard InChI is InChI=1S/C26H26ClF3N4O3/c27-22-14-18(9-10-23(22)37-20-7-3-5-17(13-20)26(28,29)30)33-24-21-8-1-2-11-34(25(21)32-16-31-24)12-4-6-19(36)15-35/h1,3,5,7-10,13-14,16,19,35-36H,2,4,6,11-12,15H2,(H,31,32,33). The Morgan fingerprint density at radius 3 is 2.76 bits per heavy atom. The number of aromatic nitrogens is 2. The number of ether oxygens (including phenoxy) is 1. The summed E-state index contributed by atoms with van der Waals surface area (Å²) in [4.78, 5) is 11.0. The van der Waals surface area contributed by atoms with E-state index in [1.54, 1.807) is 18.2 Å². The summed E-state index contributed by atoms with van der Waals surface area (Å²) in [6.07, 6.45) is 2.22. The summed E-state index contributed by atoms with van der Waals surface area (Å²) >= 11 is 6.38. The molecule has 1 aliphatic rings. The maximum atomic E-state index is 13.0. The molecule has 1 unspecified atom stereocenters. The van der Waals surface area contributed by atoms with Crippen molar-refractivity contribution in [2.45, 2.75) is 31.5 Å². The zero-order valence-corrected chi connectivity index (χ0v) is 20.5. The second kappa shape index (κ2) is 11.8. The number of anilines is 3. The topological polar surface area (TPSA) is 90.7 Å². The van der Waals surface area contributed by atoms with Gasteiger partial charge in [0.25, 0.3) is 0 Å². The van der Waals surface area contributed by atoms with E-state index in [4.69, 9.17) is 21.4 Å². The summed E-state index contributed by atoms with van der Waals surface area (Å²) in [7, 11) is 0. The molecule has 11 heteroatoms. The van der Waals surface area contributed by atoms with Crippen LogP contribution in [0.5, 0.6) is 11.5 Å². The number of fused-ring (bicyclic) bond motifs is 1. The van der Waals surface area contributed by atoms with Crippen molar-refractivity contribution in [3.63, 3.8) is 0 Å². The van der Waals surface area contributed by atoms with Crippen molar-refractivity contribution in [2.24, 2.45) is 0 Å². The average Bonchev–Trinajstić information content (AvgIpc) is 3.08. The summed E-state index contributed by atoms with van der Waals surface area (Å²) in [5.41, 5.74) is 0.594. The van der Waals surface area contributed by atoms with E-state index in [1.165, 1.54) is 18.5 Å². The molecule has 0 bridgehead atoms. The van der Waals surface area contributed by atoms with Crippen molar-refractivity contribution >= 4 is 35.0 Å². The van der Waals surface area contributed by atoms with E-state index >= 15 is 0 Å². The van der Waals surface area contributed by atoms with Gasteiger partial charge in [0, 0.05) is 18.8 Å². The van der Waals surface area contributed by atoms with Crippen LogP contribution in [0.15, 0.2) is 54.9 Å². The molecule has 3 N–H and O–H groups in total. The highest BCUT2D eigenvalue weighted by Gasteiger charge is 2.30. The first-order valence-corrected chi connectivity index (χ1v) is 12.1. The van der Waals surface area contributed by atoms with Gasteiger partial charge in [0.2, 0.25) is 0 Å². The van der Waals surface area contributed by atoms with Crippen molar-refractivity contribution in [3.8, 4) is 11.5 Å². The fraction of sp³-hybridized carbons (Fsp3) is 0.308. The Labute approximate surface area is 217 Å². The largest absolute Gasteiger partial charge is 0.456 e. The van der Waals surface area contributed by atoms with Crippen molar-refractivity contribution in [3.05, 3.63) is 71.0 Å². The normalized spacial score (nSPS) is 14.2. The monoisotopic (exact) mass is 534 g/mol. The number of alkyl halides is 3. The number of hydrogen-bond donors (Lipinski definition) is 3. The second-order valence-corrected chi connectivity index (χ2v) is 8.92. The van der Waals surface area contributed by atoms with Gasteiger partial charge in [-0.25, -0.2) is 9.97 Å². The van der Waals surface area contributed by atoms with Gasteiger partial charge in [-0.15, -0.1) is 0 Å². The number of nitrogens with zero attached hydrogens (tertiary/aromatic N) is 3. The fourth-order valence-electron chi connectivity index (χ4n) is 3.92. The third-order valence-electron chi connectivity index (χ3n) is 5.77. The molecular formula is C26H26ClF3N4O3. The minimum absolute atomic E-state index is 0.0234. The van der Waals surface area contributed by atoms with Crippen LogP contribution in [0.3, 0.4) is 0 Å². The lowest BCUT2D eigenvalue weighted by Gasteiger charge is -2.24. The average molecular weight is 535 g/mol. The maximum absolute atomic E-state index is 13.0. The van der Waals surface area contributed by atoms with Crippen LogP contribution in [0.4, 0.5) is 30.5 Å². The molecule has 4 rings (SSSR count). The van der Waals surface area contributed by atoms with Gasteiger partial charge >= 0.3 is 6.18 Å². The Bertz CT molecular complexity index is 1260. The Hall–Kier alpha value is -3.34. The van der Waals surface area contributed by atoms with Gasteiger partial charge in [-0.1, -0.05) is 29.8 Å². The van der Waals surface area contributed by atoms with E-state index in [2.05, 4.69) is 20.2 Å². The van der Waals surface area contributed by atoms with Gasteiger partial charge < -0.3 is 25.2 Å². The third kappa shape index (κ3) is 6.91. The second-order valence-electron chi connectivity index (χ2n) is 8.51. The van der Waals surface area contributed by atoms with E-state index in [1.807, 2.05) is 12.2 Å². The van der Waals surface area contributed by atoms with Gasteiger partial charge in [0.05, 0.1) is 28.9 Å². The van der Waals surface area contributed by atoms with Crippen molar-refractivity contribution in [2.75, 3.05) is 29.9 Å². The van der Waals surface area contributed by atoms with E-state index in [0.29, 0.717) is 30.9 Å². The predicted molar refractivity (Wildman–Crippen MR) is 136 cm³/mol. The molecule has 0 radical (unpaired) electrons. The lowest BCUT2D eigenvalue weighted by atomic mass is 10.2. The molecule has 1 aromatic heterocycles. The van der Waals surface area contributed by atoms with Gasteiger partial charge in [0.1, 0.15) is 29.5 Å². The van der Waals surface area contributed by atoms with Crippen molar-refractivity contribution in [1.29, 1.82) is 0 Å². The molecular weight excluding hydrogens is 509 g/mol. The number of halogens is 4. The van der Waals surface area contributed by atoms with Crippen LogP contribution >= 0.6 is 11.6 Å². The summed E-state index contributed by atoms with van der Waals surface area (Å²) < 4.78 is 44.6. The minimum Gasteiger partial charge on any atom is -0.456 e. The molecule has 0 saturated heterocycles. The predicted octanol–water partition coefficient (Wildman–Crippen LogP) is 6.04. The first-order chi connectivity index (χ1) is 17.7. The molecule has 0 aliphatic carbocycles. The van der Waals surface area contributed by atoms with Crippen molar-refractivity contribution in [1.82, 2.24) is 9.97 Å². The lowest BCUT2D eigenvalue weighted by Crippen LogP contribution is -2.28. The van der Waals surface area contributed by atoms with E-state index in [0.717, 1.165) is 36.5 Å². The number of benzene rings is 2. The molecule has 2 heterocycles. The quantitative estimate of drug-likeness (QED) is 0.308. The molecule has 0 fully saturated rings. The molecule has 2 aromatic carbocycles. The number of aliphatic hydroxyl groups is 2. The molecule has 1 aliphatic heterocycles. The SMILES string of the molecule is OCC(O)CCCN1CCC=Cc2c(Nc3ccc(Oc4cccc(C(F)(F)F)c4)c(Cl)c3)ncnc21. The molecule has 0 saturated carbocycles. The first-order valence-electron chi connectivity index (χ1n) is 11.7. The fourth-order valence-corrected chi connectivity index (χ4v) is 4.14. The Morgan fingerprint density at radius 2 is 2.00 bits per heavy atom. The number of aliphatic hydroxyl groups excluding tert-OH is 2. The van der Waals surface area contributed by atoms with Crippen LogP contribution in [0.1, 0.15) is 30.4 Å². The maximum Gasteiger partial charge on any atom is 0.416 e. The summed E-state index contributed by atoms with van der Waals surface area (Å²) in [6.45, 7) is 1.15. The van der Waals surface area contributed by atoms with E-state index in [9.17, 15) is 18.3 Å². The molecule has 7 nitrogen and oxygen atoms in total. The Morgan fingerprint density at radius 1 is 1.16 bits per heavy atom. The smallest absolute Gasteiger partial charge is 0.416 e. The van der Waals surface area contributed by atoms with Gasteiger partial charge in [-0.3, -0.25) is 0 Å². The van der Waals surface area contributed by atoms with Gasteiger partial charge in [0.15, 0.2) is 0 Å². The molecule has 196 valence electrons. The molecule has 0 spiro atoms. The number of rotatable bonds is 9. The van der Waals surface area contributed by atoms with Gasteiger partial charge in [-0.2, -0.15) is 13.2 Å². The van der Waals surface area contributed by atoms with Crippen LogP contribution < -0.4 is 15.0 Å². The van der Waals surface area contributed by atoms with E-state index < -0.39 is 17.8 Å². The summed E-state index contributed by atoms with van der Waals surface area (Å²) in [5.74, 6) is 1.55. The van der Waals surface area contributed by atoms with Crippen LogP contribution in [0, 0.1) is 0 Å². The first kappa shape index (κ1) is 26.7.